The van der Waals surface area contributed by atoms with E-state index in [9.17, 15) is 4.79 Å². The summed E-state index contributed by atoms with van der Waals surface area (Å²) in [7, 11) is 3.18. The van der Waals surface area contributed by atoms with E-state index in [4.69, 9.17) is 9.47 Å². The summed E-state index contributed by atoms with van der Waals surface area (Å²) < 4.78 is 10.5. The fourth-order valence-electron chi connectivity index (χ4n) is 2.66. The number of hydrogen-bond acceptors (Lipinski definition) is 6. The van der Waals surface area contributed by atoms with E-state index in [1.807, 2.05) is 18.2 Å². The van der Waals surface area contributed by atoms with Crippen LogP contribution < -0.4 is 14.8 Å². The third kappa shape index (κ3) is 6.05. The first-order valence-corrected chi connectivity index (χ1v) is 9.86. The number of rotatable bonds is 10. The standard InChI is InChI=1S/C19H27N3O3S/c1-4-5-6-7-8-9-17-18(23)21-19(26-17)22-20-13-14-10-11-15(24-2)16(12-14)25-3/h10-13,17H,4-9H2,1-3H3,(H,21,22,23)/t17-/m1/s1. The van der Waals surface area contributed by atoms with E-state index in [-0.39, 0.29) is 11.2 Å². The highest BCUT2D eigenvalue weighted by Crippen LogP contribution is 2.27. The van der Waals surface area contributed by atoms with Crippen LogP contribution in [0.2, 0.25) is 0 Å². The Morgan fingerprint density at radius 3 is 2.65 bits per heavy atom. The van der Waals surface area contributed by atoms with Crippen molar-refractivity contribution in [2.45, 2.75) is 50.7 Å². The maximum absolute atomic E-state index is 12.0. The van der Waals surface area contributed by atoms with Crippen LogP contribution in [-0.4, -0.2) is 36.8 Å². The summed E-state index contributed by atoms with van der Waals surface area (Å²) in [4.78, 5) is 12.0. The minimum atomic E-state index is -0.0494. The quantitative estimate of drug-likeness (QED) is 0.380. The molecule has 1 aliphatic heterocycles. The zero-order valence-electron chi connectivity index (χ0n) is 15.7. The van der Waals surface area contributed by atoms with Gasteiger partial charge in [0, 0.05) is 0 Å². The first-order valence-electron chi connectivity index (χ1n) is 8.98. The molecule has 2 rings (SSSR count). The van der Waals surface area contributed by atoms with Gasteiger partial charge in [-0.3, -0.25) is 4.79 Å². The van der Waals surface area contributed by atoms with Crippen LogP contribution in [0.5, 0.6) is 11.5 Å². The third-order valence-electron chi connectivity index (χ3n) is 4.11. The fraction of sp³-hybridized carbons (Fsp3) is 0.526. The molecule has 26 heavy (non-hydrogen) atoms. The number of amidine groups is 1. The van der Waals surface area contributed by atoms with Crippen molar-refractivity contribution >= 4 is 29.1 Å². The Labute approximate surface area is 159 Å². The van der Waals surface area contributed by atoms with Crippen LogP contribution in [0.3, 0.4) is 0 Å². The van der Waals surface area contributed by atoms with E-state index in [1.165, 1.54) is 37.4 Å². The number of benzene rings is 1. The van der Waals surface area contributed by atoms with Gasteiger partial charge in [0.1, 0.15) is 0 Å². The van der Waals surface area contributed by atoms with Gasteiger partial charge < -0.3 is 14.8 Å². The minimum absolute atomic E-state index is 0.0329. The number of nitrogens with one attached hydrogen (secondary N) is 1. The lowest BCUT2D eigenvalue weighted by atomic mass is 10.1. The Balaban J connectivity index is 1.86. The normalized spacial score (nSPS) is 18.5. The van der Waals surface area contributed by atoms with Crippen LogP contribution in [0.1, 0.15) is 51.0 Å². The number of thioether (sulfide) groups is 1. The monoisotopic (exact) mass is 377 g/mol. The van der Waals surface area contributed by atoms with Crippen LogP contribution in [0, 0.1) is 0 Å². The molecule has 0 radical (unpaired) electrons. The van der Waals surface area contributed by atoms with Gasteiger partial charge in [-0.05, 0) is 30.2 Å². The number of methoxy groups -OCH3 is 2. The number of carbonyl (C=O) groups excluding carboxylic acids is 1. The number of carbonyl (C=O) groups is 1. The molecule has 0 bridgehead atoms. The lowest BCUT2D eigenvalue weighted by molar-refractivity contribution is -0.118. The van der Waals surface area contributed by atoms with E-state index < -0.39 is 0 Å². The highest BCUT2D eigenvalue weighted by atomic mass is 32.2. The summed E-state index contributed by atoms with van der Waals surface area (Å²) in [5.41, 5.74) is 0.841. The molecule has 0 aliphatic carbocycles. The van der Waals surface area contributed by atoms with Gasteiger partial charge in [0.2, 0.25) is 5.91 Å². The van der Waals surface area contributed by atoms with E-state index >= 15 is 0 Å². The first kappa shape index (κ1) is 20.3. The van der Waals surface area contributed by atoms with Crippen molar-refractivity contribution < 1.29 is 14.3 Å². The highest BCUT2D eigenvalue weighted by molar-refractivity contribution is 8.15. The van der Waals surface area contributed by atoms with Crippen molar-refractivity contribution in [2.75, 3.05) is 14.2 Å². The van der Waals surface area contributed by atoms with Crippen LogP contribution in [0.25, 0.3) is 0 Å². The second kappa shape index (κ2) is 10.9. The molecule has 1 saturated heterocycles. The van der Waals surface area contributed by atoms with Crippen molar-refractivity contribution in [3.05, 3.63) is 23.8 Å². The number of hydrogen-bond donors (Lipinski definition) is 1. The Morgan fingerprint density at radius 2 is 1.92 bits per heavy atom. The summed E-state index contributed by atoms with van der Waals surface area (Å²) >= 11 is 1.46. The summed E-state index contributed by atoms with van der Waals surface area (Å²) in [6.07, 6.45) is 8.51. The Hall–Kier alpha value is -2.02. The molecule has 1 aliphatic rings. The van der Waals surface area contributed by atoms with Crippen LogP contribution in [0.4, 0.5) is 0 Å². The molecule has 1 N–H and O–H groups in total. The van der Waals surface area contributed by atoms with Gasteiger partial charge in [0.25, 0.3) is 0 Å². The maximum atomic E-state index is 12.0. The number of unbranched alkanes of at least 4 members (excludes halogenated alkanes) is 4. The molecule has 0 spiro atoms. The fourth-order valence-corrected chi connectivity index (χ4v) is 3.63. The van der Waals surface area contributed by atoms with Crippen LogP contribution in [-0.2, 0) is 4.79 Å². The van der Waals surface area contributed by atoms with Gasteiger partial charge in [-0.1, -0.05) is 50.8 Å². The molecule has 0 saturated carbocycles. The molecule has 0 unspecified atom stereocenters. The average molecular weight is 378 g/mol. The lowest BCUT2D eigenvalue weighted by Gasteiger charge is -2.07. The molecule has 1 amide bonds. The van der Waals surface area contributed by atoms with Crippen molar-refractivity contribution in [1.29, 1.82) is 0 Å². The van der Waals surface area contributed by atoms with Gasteiger partial charge >= 0.3 is 0 Å². The van der Waals surface area contributed by atoms with Gasteiger partial charge in [-0.15, -0.1) is 5.10 Å². The molecule has 1 heterocycles. The zero-order chi connectivity index (χ0) is 18.8. The molecular formula is C19H27N3O3S. The van der Waals surface area contributed by atoms with Crippen molar-refractivity contribution in [2.24, 2.45) is 10.2 Å². The Morgan fingerprint density at radius 1 is 1.15 bits per heavy atom. The molecule has 0 aromatic heterocycles. The largest absolute Gasteiger partial charge is 0.493 e. The van der Waals surface area contributed by atoms with Gasteiger partial charge in [-0.2, -0.15) is 5.10 Å². The minimum Gasteiger partial charge on any atom is -0.493 e. The molecule has 1 aromatic rings. The lowest BCUT2D eigenvalue weighted by Crippen LogP contribution is -2.24. The topological polar surface area (TPSA) is 72.3 Å². The zero-order valence-corrected chi connectivity index (χ0v) is 16.5. The molecule has 142 valence electrons. The van der Waals surface area contributed by atoms with E-state index in [1.54, 1.807) is 20.4 Å². The summed E-state index contributed by atoms with van der Waals surface area (Å²) in [6, 6.07) is 5.50. The molecule has 1 aromatic carbocycles. The Bertz CT molecular complexity index is 661. The second-order valence-corrected chi connectivity index (χ2v) is 7.25. The molecular weight excluding hydrogens is 350 g/mol. The number of ether oxygens (including phenoxy) is 2. The van der Waals surface area contributed by atoms with E-state index in [2.05, 4.69) is 22.4 Å². The molecule has 7 heteroatoms. The van der Waals surface area contributed by atoms with E-state index in [0.717, 1.165) is 18.4 Å². The molecule has 1 atom stereocenters. The summed E-state index contributed by atoms with van der Waals surface area (Å²) in [5, 5.41) is 11.5. The highest BCUT2D eigenvalue weighted by Gasteiger charge is 2.29. The predicted molar refractivity (Wildman–Crippen MR) is 107 cm³/mol. The average Bonchev–Trinajstić information content (AvgIpc) is 3.01. The van der Waals surface area contributed by atoms with Crippen LogP contribution in [0.15, 0.2) is 28.4 Å². The van der Waals surface area contributed by atoms with Gasteiger partial charge in [0.15, 0.2) is 16.7 Å². The number of amides is 1. The van der Waals surface area contributed by atoms with Gasteiger partial charge in [0.05, 0.1) is 25.7 Å². The maximum Gasteiger partial charge on any atom is 0.239 e. The van der Waals surface area contributed by atoms with Crippen molar-refractivity contribution in [3.63, 3.8) is 0 Å². The Kier molecular flexibility index (Phi) is 8.47. The number of nitrogens with zero attached hydrogens (tertiary/aromatic N) is 2. The summed E-state index contributed by atoms with van der Waals surface area (Å²) in [5.74, 6) is 1.33. The first-order chi connectivity index (χ1) is 12.7. The van der Waals surface area contributed by atoms with Gasteiger partial charge in [-0.25, -0.2) is 0 Å². The van der Waals surface area contributed by atoms with Crippen molar-refractivity contribution in [1.82, 2.24) is 5.32 Å². The molecule has 6 nitrogen and oxygen atoms in total. The van der Waals surface area contributed by atoms with E-state index in [0.29, 0.717) is 16.7 Å². The van der Waals surface area contributed by atoms with Crippen LogP contribution >= 0.6 is 11.8 Å². The SMILES string of the molecule is CCCCCCC[C@H]1SC(=NN=Cc2ccc(OC)c(OC)c2)NC1=O. The molecule has 1 fully saturated rings. The second-order valence-electron chi connectivity index (χ2n) is 6.06. The van der Waals surface area contributed by atoms with Crippen molar-refractivity contribution in [3.8, 4) is 11.5 Å². The smallest absolute Gasteiger partial charge is 0.239 e. The predicted octanol–water partition coefficient (Wildman–Crippen LogP) is 3.99. The third-order valence-corrected chi connectivity index (χ3v) is 5.25. The summed E-state index contributed by atoms with van der Waals surface area (Å²) in [6.45, 7) is 2.20.